The van der Waals surface area contributed by atoms with Crippen molar-refractivity contribution in [3.05, 3.63) is 48.7 Å². The summed E-state index contributed by atoms with van der Waals surface area (Å²) < 4.78 is 2.33. The highest BCUT2D eigenvalue weighted by molar-refractivity contribution is 5.79. The van der Waals surface area contributed by atoms with E-state index < -0.39 is 0 Å². The topological polar surface area (TPSA) is 34.0 Å². The first kappa shape index (κ1) is 14.4. The lowest BCUT2D eigenvalue weighted by Crippen LogP contribution is -2.32. The monoisotopic (exact) mass is 306 g/mol. The molecule has 1 aromatic carbocycles. The molecule has 3 aromatic rings. The third-order valence-electron chi connectivity index (χ3n) is 4.64. The Hall–Kier alpha value is -2.20. The Bertz CT molecular complexity index is 772. The van der Waals surface area contributed by atoms with Gasteiger partial charge in [-0.2, -0.15) is 0 Å². The van der Waals surface area contributed by atoms with E-state index >= 15 is 0 Å². The van der Waals surface area contributed by atoms with Crippen LogP contribution in [0, 0.1) is 0 Å². The van der Waals surface area contributed by atoms with Crippen LogP contribution in [0.25, 0.3) is 22.6 Å². The first-order valence-electron chi connectivity index (χ1n) is 8.51. The summed E-state index contributed by atoms with van der Waals surface area (Å²) in [6, 6.07) is 14.4. The van der Waals surface area contributed by atoms with E-state index in [9.17, 15) is 0 Å². The lowest BCUT2D eigenvalue weighted by molar-refractivity contribution is 0.222. The first-order valence-corrected chi connectivity index (χ1v) is 8.51. The molecule has 1 saturated heterocycles. The summed E-state index contributed by atoms with van der Waals surface area (Å²) in [5.74, 6) is 0.976. The molecule has 0 aliphatic carbocycles. The Morgan fingerprint density at radius 2 is 1.70 bits per heavy atom. The number of rotatable bonds is 4. The van der Waals surface area contributed by atoms with Crippen LogP contribution in [0.1, 0.15) is 19.3 Å². The molecular formula is C19H22N4. The van der Waals surface area contributed by atoms with Crippen LogP contribution in [0.2, 0.25) is 0 Å². The summed E-state index contributed by atoms with van der Waals surface area (Å²) in [6.07, 6.45) is 5.88. The maximum absolute atomic E-state index is 4.83. The van der Waals surface area contributed by atoms with Gasteiger partial charge in [-0.25, -0.2) is 4.98 Å². The average molecular weight is 306 g/mol. The number of imidazole rings is 1. The Morgan fingerprint density at radius 3 is 2.52 bits per heavy atom. The highest BCUT2D eigenvalue weighted by Gasteiger charge is 2.15. The molecule has 1 aliphatic heterocycles. The van der Waals surface area contributed by atoms with Gasteiger partial charge >= 0.3 is 0 Å². The van der Waals surface area contributed by atoms with Crippen molar-refractivity contribution in [3.8, 4) is 11.5 Å². The zero-order chi connectivity index (χ0) is 15.5. The van der Waals surface area contributed by atoms with Crippen molar-refractivity contribution in [3.63, 3.8) is 0 Å². The van der Waals surface area contributed by atoms with E-state index in [-0.39, 0.29) is 0 Å². The minimum Gasteiger partial charge on any atom is -0.321 e. The number of pyridine rings is 1. The van der Waals surface area contributed by atoms with E-state index in [1.807, 2.05) is 30.5 Å². The minimum absolute atomic E-state index is 0.947. The number of hydrogen-bond donors (Lipinski definition) is 0. The fourth-order valence-electron chi connectivity index (χ4n) is 3.42. The van der Waals surface area contributed by atoms with Gasteiger partial charge < -0.3 is 9.47 Å². The smallest absolute Gasteiger partial charge is 0.159 e. The van der Waals surface area contributed by atoms with Crippen molar-refractivity contribution >= 4 is 11.0 Å². The number of likely N-dealkylation sites (tertiary alicyclic amines) is 1. The van der Waals surface area contributed by atoms with Crippen LogP contribution in [0.15, 0.2) is 48.7 Å². The summed E-state index contributed by atoms with van der Waals surface area (Å²) in [6.45, 7) is 4.50. The van der Waals surface area contributed by atoms with E-state index in [2.05, 4.69) is 32.7 Å². The molecule has 118 valence electrons. The number of nitrogens with zero attached hydrogens (tertiary/aromatic N) is 4. The standard InChI is InChI=1S/C19H22N4/c1-6-12-22(13-7-1)14-15-23-18-10-3-2-8-16(18)21-19(23)17-9-4-5-11-20-17/h2-5,8-11H,1,6-7,12-15H2. The predicted octanol–water partition coefficient (Wildman–Crippen LogP) is 3.58. The number of piperidine rings is 1. The molecular weight excluding hydrogens is 284 g/mol. The first-order chi connectivity index (χ1) is 11.4. The van der Waals surface area contributed by atoms with Crippen LogP contribution in [0.4, 0.5) is 0 Å². The molecule has 0 N–H and O–H groups in total. The second-order valence-corrected chi connectivity index (χ2v) is 6.19. The second-order valence-electron chi connectivity index (χ2n) is 6.19. The van der Waals surface area contributed by atoms with Crippen LogP contribution in [-0.2, 0) is 6.54 Å². The SMILES string of the molecule is c1ccc(-c2nc3ccccc3n2CCN2CCCCC2)nc1. The van der Waals surface area contributed by atoms with E-state index in [0.29, 0.717) is 0 Å². The molecule has 3 heterocycles. The van der Waals surface area contributed by atoms with Crippen molar-refractivity contribution in [1.29, 1.82) is 0 Å². The largest absolute Gasteiger partial charge is 0.321 e. The Balaban J connectivity index is 1.68. The van der Waals surface area contributed by atoms with Gasteiger partial charge in [-0.1, -0.05) is 24.6 Å². The maximum Gasteiger partial charge on any atom is 0.159 e. The number of hydrogen-bond acceptors (Lipinski definition) is 3. The summed E-state index contributed by atoms with van der Waals surface area (Å²) >= 11 is 0. The number of aromatic nitrogens is 3. The molecule has 0 spiro atoms. The van der Waals surface area contributed by atoms with E-state index in [1.54, 1.807) is 0 Å². The van der Waals surface area contributed by atoms with Gasteiger partial charge in [0.1, 0.15) is 5.69 Å². The normalized spacial score (nSPS) is 16.0. The van der Waals surface area contributed by atoms with Gasteiger partial charge in [0, 0.05) is 19.3 Å². The number of para-hydroxylation sites is 2. The second kappa shape index (κ2) is 6.50. The molecule has 2 aromatic heterocycles. The van der Waals surface area contributed by atoms with Gasteiger partial charge in [0.05, 0.1) is 11.0 Å². The Morgan fingerprint density at radius 1 is 0.870 bits per heavy atom. The highest BCUT2D eigenvalue weighted by Crippen LogP contribution is 2.23. The summed E-state index contributed by atoms with van der Waals surface area (Å²) in [5.41, 5.74) is 3.19. The van der Waals surface area contributed by atoms with Crippen LogP contribution in [0.3, 0.4) is 0 Å². The molecule has 0 bridgehead atoms. The van der Waals surface area contributed by atoms with Gasteiger partial charge in [-0.3, -0.25) is 4.98 Å². The van der Waals surface area contributed by atoms with Crippen molar-refractivity contribution in [2.45, 2.75) is 25.8 Å². The number of benzene rings is 1. The highest BCUT2D eigenvalue weighted by atomic mass is 15.2. The molecule has 0 atom stereocenters. The van der Waals surface area contributed by atoms with E-state index in [4.69, 9.17) is 4.98 Å². The molecule has 4 heteroatoms. The van der Waals surface area contributed by atoms with Crippen LogP contribution in [0.5, 0.6) is 0 Å². The van der Waals surface area contributed by atoms with Crippen LogP contribution in [-0.4, -0.2) is 39.1 Å². The van der Waals surface area contributed by atoms with Gasteiger partial charge in [0.15, 0.2) is 5.82 Å². The molecule has 23 heavy (non-hydrogen) atoms. The van der Waals surface area contributed by atoms with Crippen molar-refractivity contribution in [1.82, 2.24) is 19.4 Å². The zero-order valence-corrected chi connectivity index (χ0v) is 13.4. The lowest BCUT2D eigenvalue weighted by atomic mass is 10.1. The molecule has 1 aliphatic rings. The Labute approximate surface area is 136 Å². The lowest BCUT2D eigenvalue weighted by Gasteiger charge is -2.26. The van der Waals surface area contributed by atoms with Gasteiger partial charge in [-0.15, -0.1) is 0 Å². The quantitative estimate of drug-likeness (QED) is 0.739. The van der Waals surface area contributed by atoms with Crippen LogP contribution >= 0.6 is 0 Å². The average Bonchev–Trinajstić information content (AvgIpc) is 3.00. The molecule has 4 rings (SSSR count). The Kier molecular flexibility index (Phi) is 4.07. The third kappa shape index (κ3) is 2.99. The van der Waals surface area contributed by atoms with Crippen LogP contribution < -0.4 is 0 Å². The zero-order valence-electron chi connectivity index (χ0n) is 13.4. The van der Waals surface area contributed by atoms with E-state index in [0.717, 1.165) is 30.1 Å². The van der Waals surface area contributed by atoms with Crippen molar-refractivity contribution in [2.75, 3.05) is 19.6 Å². The minimum atomic E-state index is 0.947. The molecule has 0 radical (unpaired) electrons. The predicted molar refractivity (Wildman–Crippen MR) is 93.3 cm³/mol. The molecule has 4 nitrogen and oxygen atoms in total. The van der Waals surface area contributed by atoms with Gasteiger partial charge in [0.2, 0.25) is 0 Å². The third-order valence-corrected chi connectivity index (χ3v) is 4.64. The summed E-state index contributed by atoms with van der Waals surface area (Å²) in [4.78, 5) is 11.9. The molecule has 0 saturated carbocycles. The fraction of sp³-hybridized carbons (Fsp3) is 0.368. The molecule has 0 unspecified atom stereocenters. The van der Waals surface area contributed by atoms with E-state index in [1.165, 1.54) is 37.9 Å². The summed E-state index contributed by atoms with van der Waals surface area (Å²) in [5, 5.41) is 0. The molecule has 0 amide bonds. The summed E-state index contributed by atoms with van der Waals surface area (Å²) in [7, 11) is 0. The fourth-order valence-corrected chi connectivity index (χ4v) is 3.42. The maximum atomic E-state index is 4.83. The van der Waals surface area contributed by atoms with Gasteiger partial charge in [-0.05, 0) is 50.2 Å². The van der Waals surface area contributed by atoms with Crippen molar-refractivity contribution in [2.24, 2.45) is 0 Å². The van der Waals surface area contributed by atoms with Gasteiger partial charge in [0.25, 0.3) is 0 Å². The number of fused-ring (bicyclic) bond motifs is 1. The van der Waals surface area contributed by atoms with Crippen molar-refractivity contribution < 1.29 is 0 Å². The molecule has 1 fully saturated rings.